The summed E-state index contributed by atoms with van der Waals surface area (Å²) in [5, 5.41) is 11.4. The van der Waals surface area contributed by atoms with E-state index in [4.69, 9.17) is 9.47 Å². The summed E-state index contributed by atoms with van der Waals surface area (Å²) in [4.78, 5) is 23.1. The van der Waals surface area contributed by atoms with E-state index in [2.05, 4.69) is 5.32 Å². The van der Waals surface area contributed by atoms with E-state index in [1.54, 1.807) is 20.8 Å². The van der Waals surface area contributed by atoms with E-state index in [0.29, 0.717) is 0 Å². The average Bonchev–Trinajstić information content (AvgIpc) is 2.43. The van der Waals surface area contributed by atoms with Crippen molar-refractivity contribution >= 4 is 12.1 Å². The molecule has 0 aliphatic heterocycles. The maximum Gasteiger partial charge on any atom is 0.408 e. The quantitative estimate of drug-likeness (QED) is 0.778. The van der Waals surface area contributed by atoms with Gasteiger partial charge in [0.05, 0.1) is 0 Å². The fourth-order valence-corrected chi connectivity index (χ4v) is 1.89. The van der Waals surface area contributed by atoms with Gasteiger partial charge in [0.25, 0.3) is 6.43 Å². The predicted octanol–water partition coefficient (Wildman–Crippen LogP) is 2.99. The van der Waals surface area contributed by atoms with Gasteiger partial charge in [0, 0.05) is 6.42 Å². The molecule has 1 amide bonds. The standard InChI is InChI=1S/C16H20F3NO5/c1-16(2,3)25-15(23)20-11(14(21)22)7-9-5-4-6-10(17)13(9)24-8-12(18)19/h4-6,11-12H,7-8H2,1-3H3,(H,20,23)(H,21,22). The third-order valence-corrected chi connectivity index (χ3v) is 2.82. The Kier molecular flexibility index (Phi) is 7.08. The Morgan fingerprint density at radius 2 is 1.92 bits per heavy atom. The first-order valence-corrected chi connectivity index (χ1v) is 7.40. The van der Waals surface area contributed by atoms with Crippen molar-refractivity contribution in [2.24, 2.45) is 0 Å². The van der Waals surface area contributed by atoms with Crippen molar-refractivity contribution in [1.82, 2.24) is 5.32 Å². The number of carbonyl (C=O) groups excluding carboxylic acids is 1. The minimum atomic E-state index is -2.82. The molecule has 2 N–H and O–H groups in total. The number of para-hydroxylation sites is 1. The molecule has 1 rings (SSSR count). The van der Waals surface area contributed by atoms with Crippen LogP contribution in [0.3, 0.4) is 0 Å². The summed E-state index contributed by atoms with van der Waals surface area (Å²) in [6.07, 6.45) is -4.15. The number of carboxylic acids is 1. The normalized spacial score (nSPS) is 12.6. The molecule has 0 bridgehead atoms. The number of carboxylic acid groups (broad SMARTS) is 1. The summed E-state index contributed by atoms with van der Waals surface area (Å²) in [7, 11) is 0. The molecule has 1 unspecified atom stereocenters. The number of nitrogens with one attached hydrogen (secondary N) is 1. The lowest BCUT2D eigenvalue weighted by molar-refractivity contribution is -0.139. The molecule has 0 aromatic heterocycles. The van der Waals surface area contributed by atoms with Gasteiger partial charge < -0.3 is 19.9 Å². The minimum absolute atomic E-state index is 0.0316. The number of alkyl halides is 2. The zero-order valence-electron chi connectivity index (χ0n) is 14.0. The molecule has 0 radical (unpaired) electrons. The smallest absolute Gasteiger partial charge is 0.408 e. The van der Waals surface area contributed by atoms with Crippen LogP contribution in [0.25, 0.3) is 0 Å². The topological polar surface area (TPSA) is 84.9 Å². The number of halogens is 3. The molecule has 1 aromatic carbocycles. The molecular weight excluding hydrogens is 343 g/mol. The van der Waals surface area contributed by atoms with Crippen molar-refractivity contribution in [2.75, 3.05) is 6.61 Å². The van der Waals surface area contributed by atoms with Crippen molar-refractivity contribution in [2.45, 2.75) is 45.3 Å². The average molecular weight is 363 g/mol. The van der Waals surface area contributed by atoms with E-state index in [1.807, 2.05) is 0 Å². The zero-order valence-corrected chi connectivity index (χ0v) is 14.0. The van der Waals surface area contributed by atoms with E-state index in [0.717, 1.165) is 6.07 Å². The van der Waals surface area contributed by atoms with Crippen molar-refractivity contribution < 1.29 is 37.3 Å². The van der Waals surface area contributed by atoms with Crippen molar-refractivity contribution in [3.8, 4) is 5.75 Å². The number of hydrogen-bond acceptors (Lipinski definition) is 4. The van der Waals surface area contributed by atoms with Gasteiger partial charge in [-0.3, -0.25) is 0 Å². The van der Waals surface area contributed by atoms with Gasteiger partial charge in [-0.1, -0.05) is 12.1 Å². The fraction of sp³-hybridized carbons (Fsp3) is 0.500. The third kappa shape index (κ3) is 7.32. The fourth-order valence-electron chi connectivity index (χ4n) is 1.89. The van der Waals surface area contributed by atoms with Crippen LogP contribution in [0.1, 0.15) is 26.3 Å². The Labute approximate surface area is 142 Å². The van der Waals surface area contributed by atoms with Crippen molar-refractivity contribution in [3.05, 3.63) is 29.6 Å². The summed E-state index contributed by atoms with van der Waals surface area (Å²) in [5.41, 5.74) is -0.804. The molecule has 6 nitrogen and oxygen atoms in total. The maximum absolute atomic E-state index is 13.8. The molecule has 9 heteroatoms. The lowest BCUT2D eigenvalue weighted by atomic mass is 10.0. The molecule has 1 aromatic rings. The van der Waals surface area contributed by atoms with E-state index in [1.165, 1.54) is 12.1 Å². The van der Waals surface area contributed by atoms with Crippen LogP contribution in [0.15, 0.2) is 18.2 Å². The highest BCUT2D eigenvalue weighted by Crippen LogP contribution is 2.25. The largest absolute Gasteiger partial charge is 0.484 e. The molecule has 1 atom stereocenters. The van der Waals surface area contributed by atoms with Crippen LogP contribution < -0.4 is 10.1 Å². The number of alkyl carbamates (subject to hydrolysis) is 1. The lowest BCUT2D eigenvalue weighted by Crippen LogP contribution is -2.44. The second kappa shape index (κ2) is 8.59. The number of hydrogen-bond donors (Lipinski definition) is 2. The molecule has 0 saturated heterocycles. The van der Waals surface area contributed by atoms with Gasteiger partial charge in [-0.15, -0.1) is 0 Å². The van der Waals surface area contributed by atoms with Crippen molar-refractivity contribution in [3.63, 3.8) is 0 Å². The Hall–Kier alpha value is -2.45. The molecule has 0 heterocycles. The highest BCUT2D eigenvalue weighted by molar-refractivity contribution is 5.80. The molecule has 140 valence electrons. The third-order valence-electron chi connectivity index (χ3n) is 2.82. The van der Waals surface area contributed by atoms with E-state index in [9.17, 15) is 27.9 Å². The molecule has 0 aliphatic rings. The molecule has 0 saturated carbocycles. The number of amides is 1. The van der Waals surface area contributed by atoms with Gasteiger partial charge >= 0.3 is 12.1 Å². The first-order valence-electron chi connectivity index (χ1n) is 7.40. The zero-order chi connectivity index (χ0) is 19.2. The Morgan fingerprint density at radius 3 is 2.44 bits per heavy atom. The monoisotopic (exact) mass is 363 g/mol. The second-order valence-electron chi connectivity index (χ2n) is 6.17. The number of rotatable bonds is 7. The van der Waals surface area contributed by atoms with Crippen molar-refractivity contribution in [1.29, 1.82) is 0 Å². The SMILES string of the molecule is CC(C)(C)OC(=O)NC(Cc1cccc(F)c1OCC(F)F)C(=O)O. The Bertz CT molecular complexity index is 616. The van der Waals surface area contributed by atoms with Crippen LogP contribution in [0, 0.1) is 5.82 Å². The van der Waals surface area contributed by atoms with Gasteiger partial charge in [0.15, 0.2) is 11.6 Å². The van der Waals surface area contributed by atoms with Gasteiger partial charge in [-0.2, -0.15) is 0 Å². The van der Waals surface area contributed by atoms with Crippen LogP contribution in [0.4, 0.5) is 18.0 Å². The second-order valence-corrected chi connectivity index (χ2v) is 6.17. The number of aliphatic carboxylic acids is 1. The van der Waals surface area contributed by atoms with Crippen LogP contribution in [0.5, 0.6) is 5.75 Å². The Morgan fingerprint density at radius 1 is 1.28 bits per heavy atom. The number of carbonyl (C=O) groups is 2. The summed E-state index contributed by atoms with van der Waals surface area (Å²) in [5.74, 6) is -2.77. The van der Waals surface area contributed by atoms with E-state index in [-0.39, 0.29) is 12.0 Å². The first-order chi connectivity index (χ1) is 11.5. The minimum Gasteiger partial charge on any atom is -0.484 e. The molecule has 25 heavy (non-hydrogen) atoms. The van der Waals surface area contributed by atoms with Crippen LogP contribution in [-0.4, -0.2) is 41.8 Å². The van der Waals surface area contributed by atoms with E-state index >= 15 is 0 Å². The Balaban J connectivity index is 2.93. The maximum atomic E-state index is 13.8. The summed E-state index contributed by atoms with van der Waals surface area (Å²) < 4.78 is 48.1. The van der Waals surface area contributed by atoms with Gasteiger partial charge in [0.1, 0.15) is 18.2 Å². The van der Waals surface area contributed by atoms with Gasteiger partial charge in [-0.25, -0.2) is 22.8 Å². The number of ether oxygens (including phenoxy) is 2. The summed E-state index contributed by atoms with van der Waals surface area (Å²) in [6.45, 7) is 3.77. The highest BCUT2D eigenvalue weighted by atomic mass is 19.3. The molecule has 0 fully saturated rings. The molecule has 0 aliphatic carbocycles. The lowest BCUT2D eigenvalue weighted by Gasteiger charge is -2.22. The van der Waals surface area contributed by atoms with E-state index < -0.39 is 48.3 Å². The summed E-state index contributed by atoms with van der Waals surface area (Å²) in [6, 6.07) is 2.16. The van der Waals surface area contributed by atoms with Crippen LogP contribution in [-0.2, 0) is 16.0 Å². The van der Waals surface area contributed by atoms with Gasteiger partial charge in [-0.05, 0) is 32.4 Å². The highest BCUT2D eigenvalue weighted by Gasteiger charge is 2.26. The first kappa shape index (κ1) is 20.6. The summed E-state index contributed by atoms with van der Waals surface area (Å²) >= 11 is 0. The van der Waals surface area contributed by atoms with Gasteiger partial charge in [0.2, 0.25) is 0 Å². The molecule has 0 spiro atoms. The predicted molar refractivity (Wildman–Crippen MR) is 82.4 cm³/mol. The number of benzene rings is 1. The van der Waals surface area contributed by atoms with Crippen LogP contribution >= 0.6 is 0 Å². The van der Waals surface area contributed by atoms with Crippen LogP contribution in [0.2, 0.25) is 0 Å². The molecular formula is C16H20F3NO5.